The highest BCUT2D eigenvalue weighted by molar-refractivity contribution is 7.87. The monoisotopic (exact) mass is 208 g/mol. The van der Waals surface area contributed by atoms with Crippen molar-refractivity contribution in [2.24, 2.45) is 0 Å². The largest absolute Gasteiger partial charge is 0.463 e. The molecule has 0 aromatic heterocycles. The molecule has 0 amide bonds. The number of hydrogen-bond donors (Lipinski definition) is 0. The molecule has 5 nitrogen and oxygen atoms in total. The first-order valence-electron chi connectivity index (χ1n) is 3.99. The summed E-state index contributed by atoms with van der Waals surface area (Å²) in [6, 6.07) is 0. The minimum atomic E-state index is -3.54. The van der Waals surface area contributed by atoms with Crippen LogP contribution in [-0.2, 0) is 23.8 Å². The molecule has 0 saturated carbocycles. The molecule has 1 saturated heterocycles. The van der Waals surface area contributed by atoms with E-state index < -0.39 is 27.4 Å². The van der Waals surface area contributed by atoms with Gasteiger partial charge in [-0.3, -0.25) is 8.98 Å². The highest BCUT2D eigenvalue weighted by atomic mass is 32.2. The molecule has 1 rings (SSSR count). The van der Waals surface area contributed by atoms with Gasteiger partial charge in [-0.05, 0) is 13.8 Å². The van der Waals surface area contributed by atoms with Crippen LogP contribution >= 0.6 is 0 Å². The molecule has 0 aromatic carbocycles. The lowest BCUT2D eigenvalue weighted by Gasteiger charge is -2.11. The number of cyclic esters (lactones) is 1. The van der Waals surface area contributed by atoms with Gasteiger partial charge in [0.25, 0.3) is 10.1 Å². The van der Waals surface area contributed by atoms with Crippen LogP contribution in [0.15, 0.2) is 0 Å². The fourth-order valence-electron chi connectivity index (χ4n) is 0.852. The molecule has 0 N–H and O–H groups in total. The molecule has 0 spiro atoms. The second-order valence-electron chi connectivity index (χ2n) is 3.15. The maximum atomic E-state index is 11.2. The van der Waals surface area contributed by atoms with E-state index in [1.165, 1.54) is 13.8 Å². The van der Waals surface area contributed by atoms with Gasteiger partial charge in [-0.2, -0.15) is 8.42 Å². The van der Waals surface area contributed by atoms with Gasteiger partial charge in [0.15, 0.2) is 0 Å². The van der Waals surface area contributed by atoms with Crippen LogP contribution in [0.1, 0.15) is 20.3 Å². The van der Waals surface area contributed by atoms with Crippen molar-refractivity contribution in [2.45, 2.75) is 31.6 Å². The van der Waals surface area contributed by atoms with Crippen LogP contribution in [0.4, 0.5) is 0 Å². The highest BCUT2D eigenvalue weighted by Gasteiger charge is 2.30. The van der Waals surface area contributed by atoms with Crippen LogP contribution in [0, 0.1) is 0 Å². The Labute approximate surface area is 77.1 Å². The van der Waals surface area contributed by atoms with Crippen molar-refractivity contribution >= 4 is 16.1 Å². The number of hydrogen-bond acceptors (Lipinski definition) is 5. The standard InChI is InChI=1S/C7H12O5S/c1-5(2)13(9,10)12-6-3-7(8)11-4-6/h5-6H,3-4H2,1-2H3. The second-order valence-corrected chi connectivity index (χ2v) is 5.27. The van der Waals surface area contributed by atoms with Crippen LogP contribution in [0.5, 0.6) is 0 Å². The first-order valence-corrected chi connectivity index (χ1v) is 5.46. The van der Waals surface area contributed by atoms with E-state index in [2.05, 4.69) is 4.74 Å². The van der Waals surface area contributed by atoms with Crippen molar-refractivity contribution < 1.29 is 22.1 Å². The zero-order valence-electron chi connectivity index (χ0n) is 7.52. The quantitative estimate of drug-likeness (QED) is 0.484. The lowest BCUT2D eigenvalue weighted by molar-refractivity contribution is -0.137. The predicted octanol–water partition coefficient (Wildman–Crippen LogP) is 0.0567. The van der Waals surface area contributed by atoms with Crippen LogP contribution in [0.2, 0.25) is 0 Å². The molecule has 13 heavy (non-hydrogen) atoms. The average molecular weight is 208 g/mol. The number of carbonyl (C=O) groups excluding carboxylic acids is 1. The maximum Gasteiger partial charge on any atom is 0.308 e. The summed E-state index contributed by atoms with van der Waals surface area (Å²) in [5.74, 6) is -0.413. The molecule has 1 aliphatic heterocycles. The number of rotatable bonds is 3. The Hall–Kier alpha value is -0.620. The fourth-order valence-corrected chi connectivity index (χ4v) is 1.58. The van der Waals surface area contributed by atoms with Crippen molar-refractivity contribution in [1.29, 1.82) is 0 Å². The van der Waals surface area contributed by atoms with Crippen LogP contribution in [0.25, 0.3) is 0 Å². The maximum absolute atomic E-state index is 11.2. The topological polar surface area (TPSA) is 69.7 Å². The molecule has 0 aromatic rings. The third-order valence-electron chi connectivity index (χ3n) is 1.67. The molecular weight excluding hydrogens is 196 g/mol. The fraction of sp³-hybridized carbons (Fsp3) is 0.857. The van der Waals surface area contributed by atoms with Gasteiger partial charge >= 0.3 is 5.97 Å². The first kappa shape index (κ1) is 10.5. The zero-order chi connectivity index (χ0) is 10.1. The molecule has 6 heteroatoms. The van der Waals surface area contributed by atoms with E-state index in [0.29, 0.717) is 0 Å². The Bertz CT molecular complexity index is 292. The molecule has 1 heterocycles. The van der Waals surface area contributed by atoms with Crippen molar-refractivity contribution in [1.82, 2.24) is 0 Å². The van der Waals surface area contributed by atoms with Crippen LogP contribution in [0.3, 0.4) is 0 Å². The summed E-state index contributed by atoms with van der Waals surface area (Å²) in [6.45, 7) is 3.07. The Morgan fingerprint density at radius 2 is 2.15 bits per heavy atom. The van der Waals surface area contributed by atoms with Gasteiger partial charge in [0, 0.05) is 0 Å². The Morgan fingerprint density at radius 3 is 2.54 bits per heavy atom. The average Bonchev–Trinajstić information content (AvgIpc) is 2.34. The summed E-state index contributed by atoms with van der Waals surface area (Å²) >= 11 is 0. The van der Waals surface area contributed by atoms with E-state index in [1.807, 2.05) is 0 Å². The van der Waals surface area contributed by atoms with Crippen molar-refractivity contribution in [2.75, 3.05) is 6.61 Å². The molecule has 1 atom stereocenters. The molecule has 1 fully saturated rings. The van der Waals surface area contributed by atoms with Gasteiger partial charge < -0.3 is 4.74 Å². The summed E-state index contributed by atoms with van der Waals surface area (Å²) in [6.07, 6.45) is -0.619. The zero-order valence-corrected chi connectivity index (χ0v) is 8.33. The van der Waals surface area contributed by atoms with E-state index in [0.717, 1.165) is 0 Å². The lowest BCUT2D eigenvalue weighted by atomic mass is 10.3. The number of esters is 1. The van der Waals surface area contributed by atoms with E-state index in [-0.39, 0.29) is 13.0 Å². The third kappa shape index (κ3) is 2.67. The highest BCUT2D eigenvalue weighted by Crippen LogP contribution is 2.15. The van der Waals surface area contributed by atoms with Gasteiger partial charge in [0.1, 0.15) is 12.7 Å². The molecule has 0 bridgehead atoms. The number of ether oxygens (including phenoxy) is 1. The molecule has 0 aliphatic carbocycles. The van der Waals surface area contributed by atoms with Gasteiger partial charge in [0.05, 0.1) is 11.7 Å². The molecule has 1 aliphatic rings. The molecule has 76 valence electrons. The van der Waals surface area contributed by atoms with Gasteiger partial charge in [-0.15, -0.1) is 0 Å². The summed E-state index contributed by atoms with van der Waals surface area (Å²) in [7, 11) is -3.54. The lowest BCUT2D eigenvalue weighted by Crippen LogP contribution is -2.24. The Morgan fingerprint density at radius 1 is 1.54 bits per heavy atom. The molecular formula is C7H12O5S. The van der Waals surface area contributed by atoms with Gasteiger partial charge in [-0.25, -0.2) is 0 Å². The number of carbonyl (C=O) groups is 1. The van der Waals surface area contributed by atoms with Crippen LogP contribution in [-0.4, -0.2) is 32.3 Å². The summed E-state index contributed by atoms with van der Waals surface area (Å²) in [5.41, 5.74) is 0. The summed E-state index contributed by atoms with van der Waals surface area (Å²) < 4.78 is 31.7. The minimum absolute atomic E-state index is 0.0198. The van der Waals surface area contributed by atoms with Crippen molar-refractivity contribution in [3.63, 3.8) is 0 Å². The van der Waals surface area contributed by atoms with Gasteiger partial charge in [0.2, 0.25) is 0 Å². The second kappa shape index (κ2) is 3.63. The smallest absolute Gasteiger partial charge is 0.308 e. The normalized spacial score (nSPS) is 23.6. The first-order chi connectivity index (χ1) is 5.92. The van der Waals surface area contributed by atoms with Gasteiger partial charge in [-0.1, -0.05) is 0 Å². The van der Waals surface area contributed by atoms with Crippen LogP contribution < -0.4 is 0 Å². The van der Waals surface area contributed by atoms with Crippen molar-refractivity contribution in [3.05, 3.63) is 0 Å². The summed E-state index contributed by atoms with van der Waals surface area (Å²) in [4.78, 5) is 10.6. The van der Waals surface area contributed by atoms with E-state index in [9.17, 15) is 13.2 Å². The predicted molar refractivity (Wildman–Crippen MR) is 44.5 cm³/mol. The van der Waals surface area contributed by atoms with E-state index in [1.54, 1.807) is 0 Å². The molecule has 0 radical (unpaired) electrons. The van der Waals surface area contributed by atoms with E-state index >= 15 is 0 Å². The Balaban J connectivity index is 2.55. The van der Waals surface area contributed by atoms with E-state index in [4.69, 9.17) is 4.18 Å². The van der Waals surface area contributed by atoms with Crippen molar-refractivity contribution in [3.8, 4) is 0 Å². The SMILES string of the molecule is CC(C)S(=O)(=O)OC1COC(=O)C1. The molecule has 1 unspecified atom stereocenters. The summed E-state index contributed by atoms with van der Waals surface area (Å²) in [5, 5.41) is -0.594. The Kier molecular flexibility index (Phi) is 2.92. The minimum Gasteiger partial charge on any atom is -0.463 e. The third-order valence-corrected chi connectivity index (χ3v) is 3.37.